The standard InChI is InChI=1S/C26H19F3N4O2/c27-17-5-3-4-16(12-17)26(35)32-20-9-7-18(28)23(24(20)29)25(34)15-6-8-19-21(13-15)31-22(14-30-19)33-10-1-2-11-33/h3-9,12-14H,1-2,10-11H2,(H,32,35). The van der Waals surface area contributed by atoms with Crippen LogP contribution >= 0.6 is 0 Å². The highest BCUT2D eigenvalue weighted by Crippen LogP contribution is 2.26. The normalized spacial score (nSPS) is 13.3. The van der Waals surface area contributed by atoms with E-state index in [0.717, 1.165) is 50.2 Å². The summed E-state index contributed by atoms with van der Waals surface area (Å²) in [5, 5.41) is 2.27. The molecule has 5 rings (SSSR count). The van der Waals surface area contributed by atoms with Crippen LogP contribution in [0.5, 0.6) is 0 Å². The Kier molecular flexibility index (Phi) is 5.90. The fourth-order valence-electron chi connectivity index (χ4n) is 4.07. The average Bonchev–Trinajstić information content (AvgIpc) is 3.40. The maximum Gasteiger partial charge on any atom is 0.255 e. The second-order valence-corrected chi connectivity index (χ2v) is 8.20. The van der Waals surface area contributed by atoms with Gasteiger partial charge in [-0.15, -0.1) is 0 Å². The molecule has 0 spiro atoms. The third kappa shape index (κ3) is 4.44. The third-order valence-corrected chi connectivity index (χ3v) is 5.87. The molecule has 1 N–H and O–H groups in total. The first kappa shape index (κ1) is 22.5. The Balaban J connectivity index is 1.47. The van der Waals surface area contributed by atoms with Gasteiger partial charge in [0.25, 0.3) is 5.91 Å². The monoisotopic (exact) mass is 476 g/mol. The van der Waals surface area contributed by atoms with Crippen molar-refractivity contribution < 1.29 is 22.8 Å². The first-order valence-corrected chi connectivity index (χ1v) is 11.0. The van der Waals surface area contributed by atoms with Crippen molar-refractivity contribution >= 4 is 34.2 Å². The number of halogens is 3. The van der Waals surface area contributed by atoms with E-state index in [9.17, 15) is 18.4 Å². The van der Waals surface area contributed by atoms with Gasteiger partial charge >= 0.3 is 0 Å². The van der Waals surface area contributed by atoms with E-state index >= 15 is 4.39 Å². The van der Waals surface area contributed by atoms with Crippen LogP contribution in [0, 0.1) is 17.5 Å². The summed E-state index contributed by atoms with van der Waals surface area (Å²) in [5.41, 5.74) is -0.274. The number of nitrogens with zero attached hydrogens (tertiary/aromatic N) is 3. The number of benzene rings is 3. The lowest BCUT2D eigenvalue weighted by atomic mass is 10.0. The summed E-state index contributed by atoms with van der Waals surface area (Å²) in [5.74, 6) is -3.97. The van der Waals surface area contributed by atoms with Gasteiger partial charge in [0.05, 0.1) is 28.5 Å². The van der Waals surface area contributed by atoms with E-state index in [1.54, 1.807) is 12.3 Å². The highest BCUT2D eigenvalue weighted by Gasteiger charge is 2.24. The van der Waals surface area contributed by atoms with Crippen molar-refractivity contribution in [1.82, 2.24) is 9.97 Å². The topological polar surface area (TPSA) is 75.2 Å². The van der Waals surface area contributed by atoms with Gasteiger partial charge in [-0.1, -0.05) is 6.07 Å². The molecule has 1 aromatic heterocycles. The lowest BCUT2D eigenvalue weighted by molar-refractivity contribution is 0.101. The molecule has 0 radical (unpaired) electrons. The molecule has 1 fully saturated rings. The van der Waals surface area contributed by atoms with Gasteiger partial charge in [-0.05, 0) is 61.4 Å². The number of amides is 1. The number of aromatic nitrogens is 2. The van der Waals surface area contributed by atoms with Crippen LogP contribution in [0.25, 0.3) is 11.0 Å². The third-order valence-electron chi connectivity index (χ3n) is 5.87. The maximum atomic E-state index is 15.2. The van der Waals surface area contributed by atoms with Crippen LogP contribution in [0.15, 0.2) is 60.8 Å². The lowest BCUT2D eigenvalue weighted by Gasteiger charge is -2.16. The molecule has 3 aromatic carbocycles. The second-order valence-electron chi connectivity index (χ2n) is 8.20. The summed E-state index contributed by atoms with van der Waals surface area (Å²) in [6, 6.07) is 11.2. The summed E-state index contributed by atoms with van der Waals surface area (Å²) in [6.45, 7) is 1.73. The molecule has 1 saturated heterocycles. The molecule has 0 atom stereocenters. The summed E-state index contributed by atoms with van der Waals surface area (Å²) >= 11 is 0. The van der Waals surface area contributed by atoms with E-state index in [-0.39, 0.29) is 11.1 Å². The van der Waals surface area contributed by atoms with Gasteiger partial charge < -0.3 is 10.2 Å². The van der Waals surface area contributed by atoms with Crippen molar-refractivity contribution in [1.29, 1.82) is 0 Å². The predicted octanol–water partition coefficient (Wildman–Crippen LogP) is 5.13. The van der Waals surface area contributed by atoms with Crippen LogP contribution in [0.2, 0.25) is 0 Å². The minimum atomic E-state index is -1.23. The van der Waals surface area contributed by atoms with Gasteiger partial charge in [0.15, 0.2) is 11.6 Å². The van der Waals surface area contributed by atoms with Gasteiger partial charge in [0.2, 0.25) is 0 Å². The van der Waals surface area contributed by atoms with Crippen LogP contribution in [0.3, 0.4) is 0 Å². The van der Waals surface area contributed by atoms with Gasteiger partial charge in [-0.3, -0.25) is 14.6 Å². The molecule has 1 aliphatic rings. The maximum absolute atomic E-state index is 15.2. The minimum absolute atomic E-state index is 0.0248. The molecule has 0 unspecified atom stereocenters. The predicted molar refractivity (Wildman–Crippen MR) is 125 cm³/mol. The smallest absolute Gasteiger partial charge is 0.255 e. The molecule has 1 aliphatic heterocycles. The van der Waals surface area contributed by atoms with E-state index in [1.807, 2.05) is 0 Å². The van der Waals surface area contributed by atoms with Gasteiger partial charge in [0, 0.05) is 24.2 Å². The lowest BCUT2D eigenvalue weighted by Crippen LogP contribution is -2.19. The molecule has 9 heteroatoms. The molecule has 2 heterocycles. The van der Waals surface area contributed by atoms with Gasteiger partial charge in [-0.25, -0.2) is 18.2 Å². The number of hydrogen-bond acceptors (Lipinski definition) is 5. The Morgan fingerprint density at radius 3 is 2.46 bits per heavy atom. The van der Waals surface area contributed by atoms with Crippen molar-refractivity contribution in [2.45, 2.75) is 12.8 Å². The Hall–Kier alpha value is -4.27. The molecule has 35 heavy (non-hydrogen) atoms. The number of hydrogen-bond donors (Lipinski definition) is 1. The number of ketones is 1. The molecular weight excluding hydrogens is 457 g/mol. The number of rotatable bonds is 5. The van der Waals surface area contributed by atoms with Crippen LogP contribution in [0.4, 0.5) is 24.7 Å². The Morgan fingerprint density at radius 2 is 1.69 bits per heavy atom. The summed E-state index contributed by atoms with van der Waals surface area (Å²) in [7, 11) is 0. The number of carbonyl (C=O) groups excluding carboxylic acids is 2. The molecule has 0 saturated carbocycles. The number of nitrogens with one attached hydrogen (secondary N) is 1. The Bertz CT molecular complexity index is 1470. The summed E-state index contributed by atoms with van der Waals surface area (Å²) in [4.78, 5) is 36.6. The van der Waals surface area contributed by atoms with Crippen LogP contribution in [0.1, 0.15) is 39.1 Å². The average molecular weight is 476 g/mol. The molecule has 0 bridgehead atoms. The van der Waals surface area contributed by atoms with Gasteiger partial charge in [-0.2, -0.15) is 0 Å². The quantitative estimate of drug-likeness (QED) is 0.404. The summed E-state index contributed by atoms with van der Waals surface area (Å²) in [6.07, 6.45) is 3.78. The highest BCUT2D eigenvalue weighted by molar-refractivity contribution is 6.12. The van der Waals surface area contributed by atoms with E-state index in [2.05, 4.69) is 20.2 Å². The first-order chi connectivity index (χ1) is 16.9. The number of carbonyl (C=O) groups is 2. The van der Waals surface area contributed by atoms with Crippen molar-refractivity contribution in [3.8, 4) is 0 Å². The summed E-state index contributed by atoms with van der Waals surface area (Å²) < 4.78 is 43.2. The molecular formula is C26H19F3N4O2. The van der Waals surface area contributed by atoms with Crippen LogP contribution in [-0.2, 0) is 0 Å². The van der Waals surface area contributed by atoms with Crippen molar-refractivity contribution in [2.75, 3.05) is 23.3 Å². The largest absolute Gasteiger partial charge is 0.355 e. The Labute approximate surface area is 198 Å². The van der Waals surface area contributed by atoms with Gasteiger partial charge in [0.1, 0.15) is 17.5 Å². The van der Waals surface area contributed by atoms with E-state index < -0.39 is 40.4 Å². The zero-order chi connectivity index (χ0) is 24.5. The zero-order valence-corrected chi connectivity index (χ0v) is 18.4. The zero-order valence-electron chi connectivity index (χ0n) is 18.4. The number of anilines is 2. The number of fused-ring (bicyclic) bond motifs is 1. The van der Waals surface area contributed by atoms with Crippen molar-refractivity contribution in [3.05, 3.63) is 94.9 Å². The fourth-order valence-corrected chi connectivity index (χ4v) is 4.07. The molecule has 1 amide bonds. The van der Waals surface area contributed by atoms with Crippen LogP contribution < -0.4 is 10.2 Å². The van der Waals surface area contributed by atoms with Crippen LogP contribution in [-0.4, -0.2) is 34.7 Å². The van der Waals surface area contributed by atoms with E-state index in [0.29, 0.717) is 16.9 Å². The van der Waals surface area contributed by atoms with E-state index in [1.165, 1.54) is 24.3 Å². The highest BCUT2D eigenvalue weighted by atomic mass is 19.1. The fraction of sp³-hybridized carbons (Fsp3) is 0.154. The first-order valence-electron chi connectivity index (χ1n) is 11.0. The molecule has 4 aromatic rings. The SMILES string of the molecule is O=C(Nc1ccc(F)c(C(=O)c2ccc3ncc(N4CCCC4)nc3c2)c1F)c1cccc(F)c1. The minimum Gasteiger partial charge on any atom is -0.355 e. The van der Waals surface area contributed by atoms with Crippen molar-refractivity contribution in [2.24, 2.45) is 0 Å². The second kappa shape index (κ2) is 9.17. The molecule has 6 nitrogen and oxygen atoms in total. The van der Waals surface area contributed by atoms with E-state index in [4.69, 9.17) is 0 Å². The Morgan fingerprint density at radius 1 is 0.886 bits per heavy atom. The molecule has 176 valence electrons. The molecule has 0 aliphatic carbocycles. The van der Waals surface area contributed by atoms with Crippen molar-refractivity contribution in [3.63, 3.8) is 0 Å².